The molecule has 2 rings (SSSR count). The van der Waals surface area contributed by atoms with Crippen molar-refractivity contribution in [3.63, 3.8) is 0 Å². The zero-order valence-corrected chi connectivity index (χ0v) is 13.0. The zero-order chi connectivity index (χ0) is 14.8. The van der Waals surface area contributed by atoms with Crippen molar-refractivity contribution in [3.8, 4) is 0 Å². The lowest BCUT2D eigenvalue weighted by Crippen LogP contribution is -2.40. The molecule has 20 heavy (non-hydrogen) atoms. The number of ether oxygens (including phenoxy) is 1. The maximum Gasteiger partial charge on any atom is 0.323 e. The second-order valence-corrected chi connectivity index (χ2v) is 6.54. The average Bonchev–Trinajstić information content (AvgIpc) is 2.78. The van der Waals surface area contributed by atoms with Crippen LogP contribution in [0.1, 0.15) is 39.2 Å². The molecule has 110 valence electrons. The van der Waals surface area contributed by atoms with Crippen molar-refractivity contribution in [3.05, 3.63) is 29.0 Å². The van der Waals surface area contributed by atoms with Gasteiger partial charge < -0.3 is 4.74 Å². The molecule has 1 aliphatic heterocycles. The number of halogens is 1. The zero-order valence-electron chi connectivity index (χ0n) is 12.2. The molecule has 0 N–H and O–H groups in total. The largest absolute Gasteiger partial charge is 0.459 e. The van der Waals surface area contributed by atoms with Crippen LogP contribution in [0.3, 0.4) is 0 Å². The molecule has 1 atom stereocenters. The fourth-order valence-corrected chi connectivity index (χ4v) is 2.50. The summed E-state index contributed by atoms with van der Waals surface area (Å²) in [5.41, 5.74) is 0.623. The first-order valence-corrected chi connectivity index (χ1v) is 7.30. The summed E-state index contributed by atoms with van der Waals surface area (Å²) in [5, 5.41) is 0.485. The number of pyridine rings is 1. The molecule has 0 amide bonds. The van der Waals surface area contributed by atoms with E-state index in [1.165, 1.54) is 0 Å². The SMILES string of the molecule is CC(C)(C)OC(=O)[C@@H]1CCCN1Cc1ccc(Cl)nc1. The van der Waals surface area contributed by atoms with Crippen LogP contribution in [-0.4, -0.2) is 34.0 Å². The molecular formula is C15H21ClN2O2. The Labute approximate surface area is 125 Å². The van der Waals surface area contributed by atoms with Gasteiger partial charge in [-0.25, -0.2) is 4.98 Å². The number of hydrogen-bond acceptors (Lipinski definition) is 4. The molecule has 1 fully saturated rings. The molecule has 2 heterocycles. The Hall–Kier alpha value is -1.13. The number of nitrogens with zero attached hydrogens (tertiary/aromatic N) is 2. The summed E-state index contributed by atoms with van der Waals surface area (Å²) in [4.78, 5) is 18.4. The quantitative estimate of drug-likeness (QED) is 0.635. The normalized spacial score (nSPS) is 20.1. The van der Waals surface area contributed by atoms with Crippen LogP contribution in [0.4, 0.5) is 0 Å². The lowest BCUT2D eigenvalue weighted by molar-refractivity contribution is -0.160. The van der Waals surface area contributed by atoms with Gasteiger partial charge in [-0.15, -0.1) is 0 Å². The Morgan fingerprint density at radius 3 is 2.85 bits per heavy atom. The minimum absolute atomic E-state index is 0.128. The lowest BCUT2D eigenvalue weighted by Gasteiger charge is -2.27. The molecule has 1 aliphatic rings. The summed E-state index contributed by atoms with van der Waals surface area (Å²) in [6.45, 7) is 7.30. The van der Waals surface area contributed by atoms with E-state index in [4.69, 9.17) is 16.3 Å². The monoisotopic (exact) mass is 296 g/mol. The van der Waals surface area contributed by atoms with E-state index in [9.17, 15) is 4.79 Å². The van der Waals surface area contributed by atoms with E-state index in [-0.39, 0.29) is 12.0 Å². The Morgan fingerprint density at radius 2 is 2.25 bits per heavy atom. The molecule has 5 heteroatoms. The van der Waals surface area contributed by atoms with Crippen LogP contribution in [0.5, 0.6) is 0 Å². The predicted molar refractivity (Wildman–Crippen MR) is 78.5 cm³/mol. The van der Waals surface area contributed by atoms with E-state index in [1.807, 2.05) is 26.8 Å². The smallest absolute Gasteiger partial charge is 0.323 e. The Bertz CT molecular complexity index is 468. The number of carbonyl (C=O) groups is 1. The molecule has 0 saturated carbocycles. The van der Waals surface area contributed by atoms with Crippen LogP contribution in [0.25, 0.3) is 0 Å². The van der Waals surface area contributed by atoms with Crippen molar-refractivity contribution in [2.45, 2.75) is 51.8 Å². The summed E-state index contributed by atoms with van der Waals surface area (Å²) < 4.78 is 5.49. The van der Waals surface area contributed by atoms with E-state index in [0.29, 0.717) is 11.7 Å². The average molecular weight is 297 g/mol. The van der Waals surface area contributed by atoms with Gasteiger partial charge in [0, 0.05) is 12.7 Å². The Morgan fingerprint density at radius 1 is 1.50 bits per heavy atom. The van der Waals surface area contributed by atoms with E-state index >= 15 is 0 Å². The lowest BCUT2D eigenvalue weighted by atomic mass is 10.1. The van der Waals surface area contributed by atoms with Gasteiger partial charge in [-0.05, 0) is 51.8 Å². The third kappa shape index (κ3) is 4.18. The molecule has 0 aliphatic carbocycles. The fraction of sp³-hybridized carbons (Fsp3) is 0.600. The molecule has 0 spiro atoms. The van der Waals surface area contributed by atoms with E-state index in [0.717, 1.165) is 24.9 Å². The molecule has 4 nitrogen and oxygen atoms in total. The summed E-state index contributed by atoms with van der Waals surface area (Å²) in [5.74, 6) is -0.128. The predicted octanol–water partition coefficient (Wildman–Crippen LogP) is 3.04. The van der Waals surface area contributed by atoms with E-state index < -0.39 is 5.60 Å². The number of hydrogen-bond donors (Lipinski definition) is 0. The van der Waals surface area contributed by atoms with Crippen molar-refractivity contribution >= 4 is 17.6 Å². The van der Waals surface area contributed by atoms with Crippen LogP contribution in [0.15, 0.2) is 18.3 Å². The molecular weight excluding hydrogens is 276 g/mol. The highest BCUT2D eigenvalue weighted by molar-refractivity contribution is 6.29. The highest BCUT2D eigenvalue weighted by Crippen LogP contribution is 2.23. The number of aromatic nitrogens is 1. The summed E-state index contributed by atoms with van der Waals surface area (Å²) in [6.07, 6.45) is 3.63. The van der Waals surface area contributed by atoms with Crippen molar-refractivity contribution in [1.82, 2.24) is 9.88 Å². The van der Waals surface area contributed by atoms with Crippen molar-refractivity contribution in [1.29, 1.82) is 0 Å². The third-order valence-corrected chi connectivity index (χ3v) is 3.44. The first-order chi connectivity index (χ1) is 9.35. The molecule has 0 bridgehead atoms. The van der Waals surface area contributed by atoms with Gasteiger partial charge in [0.25, 0.3) is 0 Å². The van der Waals surface area contributed by atoms with E-state index in [1.54, 1.807) is 12.3 Å². The van der Waals surface area contributed by atoms with Crippen LogP contribution >= 0.6 is 11.6 Å². The fourth-order valence-electron chi connectivity index (χ4n) is 2.39. The molecule has 0 radical (unpaired) electrons. The maximum atomic E-state index is 12.2. The highest BCUT2D eigenvalue weighted by Gasteiger charge is 2.33. The number of carbonyl (C=O) groups excluding carboxylic acids is 1. The van der Waals surface area contributed by atoms with Gasteiger partial charge in [0.1, 0.15) is 16.8 Å². The standard InChI is InChI=1S/C15H21ClN2O2/c1-15(2,3)20-14(19)12-5-4-8-18(12)10-11-6-7-13(16)17-9-11/h6-7,9,12H,4-5,8,10H2,1-3H3/t12-/m0/s1. The van der Waals surface area contributed by atoms with Crippen LogP contribution in [0.2, 0.25) is 5.15 Å². The topological polar surface area (TPSA) is 42.4 Å². The number of likely N-dealkylation sites (tertiary alicyclic amines) is 1. The van der Waals surface area contributed by atoms with Gasteiger partial charge in [-0.1, -0.05) is 17.7 Å². The summed E-state index contributed by atoms with van der Waals surface area (Å²) in [6, 6.07) is 3.57. The molecule has 1 saturated heterocycles. The molecule has 1 aromatic rings. The maximum absolute atomic E-state index is 12.2. The number of esters is 1. The first-order valence-electron chi connectivity index (χ1n) is 6.92. The first kappa shape index (κ1) is 15.3. The van der Waals surface area contributed by atoms with Gasteiger partial charge in [0.15, 0.2) is 0 Å². The van der Waals surface area contributed by atoms with Crippen LogP contribution < -0.4 is 0 Å². The number of rotatable bonds is 3. The van der Waals surface area contributed by atoms with Crippen molar-refractivity contribution < 1.29 is 9.53 Å². The summed E-state index contributed by atoms with van der Waals surface area (Å²) in [7, 11) is 0. The second-order valence-electron chi connectivity index (χ2n) is 6.15. The van der Waals surface area contributed by atoms with Gasteiger partial charge in [-0.3, -0.25) is 9.69 Å². The molecule has 1 aromatic heterocycles. The van der Waals surface area contributed by atoms with Gasteiger partial charge in [-0.2, -0.15) is 0 Å². The minimum Gasteiger partial charge on any atom is -0.459 e. The van der Waals surface area contributed by atoms with Crippen LogP contribution in [0, 0.1) is 0 Å². The second kappa shape index (κ2) is 6.10. The Kier molecular flexibility index (Phi) is 4.66. The van der Waals surface area contributed by atoms with Gasteiger partial charge >= 0.3 is 5.97 Å². The van der Waals surface area contributed by atoms with E-state index in [2.05, 4.69) is 9.88 Å². The Balaban J connectivity index is 2.00. The van der Waals surface area contributed by atoms with Crippen molar-refractivity contribution in [2.75, 3.05) is 6.54 Å². The van der Waals surface area contributed by atoms with Crippen molar-refractivity contribution in [2.24, 2.45) is 0 Å². The molecule has 0 unspecified atom stereocenters. The van der Waals surface area contributed by atoms with Gasteiger partial charge in [0.2, 0.25) is 0 Å². The van der Waals surface area contributed by atoms with Gasteiger partial charge in [0.05, 0.1) is 0 Å². The minimum atomic E-state index is -0.437. The highest BCUT2D eigenvalue weighted by atomic mass is 35.5. The third-order valence-electron chi connectivity index (χ3n) is 3.22. The van der Waals surface area contributed by atoms with Crippen LogP contribution in [-0.2, 0) is 16.1 Å². The molecule has 0 aromatic carbocycles. The summed E-state index contributed by atoms with van der Waals surface area (Å²) >= 11 is 5.78.